The third kappa shape index (κ3) is 1.82. The first-order valence-electron chi connectivity index (χ1n) is 6.39. The second kappa shape index (κ2) is 4.39. The molecule has 4 nitrogen and oxygen atoms in total. The predicted octanol–water partition coefficient (Wildman–Crippen LogP) is 2.84. The lowest BCUT2D eigenvalue weighted by Crippen LogP contribution is -2.28. The van der Waals surface area contributed by atoms with Gasteiger partial charge in [-0.1, -0.05) is 0 Å². The van der Waals surface area contributed by atoms with Crippen LogP contribution in [-0.2, 0) is 7.05 Å². The van der Waals surface area contributed by atoms with E-state index in [0.29, 0.717) is 6.04 Å². The second-order valence-corrected chi connectivity index (χ2v) is 6.27. The molecule has 0 bridgehead atoms. The Hall–Kier alpha value is -1.36. The maximum absolute atomic E-state index is 4.38. The summed E-state index contributed by atoms with van der Waals surface area (Å²) in [7, 11) is 2.06. The van der Waals surface area contributed by atoms with E-state index in [1.165, 1.54) is 22.6 Å². The van der Waals surface area contributed by atoms with Gasteiger partial charge in [-0.05, 0) is 38.8 Å². The van der Waals surface area contributed by atoms with Gasteiger partial charge in [0.05, 0.1) is 4.88 Å². The molecule has 1 atom stereocenters. The van der Waals surface area contributed by atoms with Crippen LogP contribution in [0.1, 0.15) is 24.6 Å². The minimum Gasteiger partial charge on any atom is -0.338 e. The minimum absolute atomic E-state index is 0.575. The average Bonchev–Trinajstić information content (AvgIpc) is 3.00. The van der Waals surface area contributed by atoms with E-state index in [-0.39, 0.29) is 0 Å². The third-order valence-electron chi connectivity index (χ3n) is 3.62. The molecule has 1 aliphatic rings. The van der Waals surface area contributed by atoms with Gasteiger partial charge in [-0.15, -0.1) is 21.5 Å². The van der Waals surface area contributed by atoms with Crippen molar-refractivity contribution in [3.05, 3.63) is 17.0 Å². The SMILES string of the molecule is Cc1ccc(-c2nnc(N3CCCC3C)n2C)s1. The van der Waals surface area contributed by atoms with Crippen molar-refractivity contribution < 1.29 is 0 Å². The lowest BCUT2D eigenvalue weighted by atomic mass is 10.2. The van der Waals surface area contributed by atoms with Crippen molar-refractivity contribution in [2.45, 2.75) is 32.7 Å². The van der Waals surface area contributed by atoms with E-state index in [4.69, 9.17) is 0 Å². The van der Waals surface area contributed by atoms with Crippen LogP contribution in [0.3, 0.4) is 0 Å². The van der Waals surface area contributed by atoms with Crippen molar-refractivity contribution >= 4 is 17.3 Å². The van der Waals surface area contributed by atoms with Crippen molar-refractivity contribution in [2.24, 2.45) is 7.05 Å². The van der Waals surface area contributed by atoms with E-state index in [9.17, 15) is 0 Å². The van der Waals surface area contributed by atoms with Crippen molar-refractivity contribution in [3.63, 3.8) is 0 Å². The van der Waals surface area contributed by atoms with Crippen molar-refractivity contribution in [2.75, 3.05) is 11.4 Å². The Bertz CT molecular complexity index is 557. The fourth-order valence-electron chi connectivity index (χ4n) is 2.57. The molecule has 0 saturated carbocycles. The molecule has 0 aliphatic carbocycles. The summed E-state index contributed by atoms with van der Waals surface area (Å²) >= 11 is 1.77. The smallest absolute Gasteiger partial charge is 0.227 e. The van der Waals surface area contributed by atoms with Gasteiger partial charge < -0.3 is 4.90 Å². The largest absolute Gasteiger partial charge is 0.338 e. The molecule has 18 heavy (non-hydrogen) atoms. The Labute approximate surface area is 111 Å². The molecular formula is C13H18N4S. The van der Waals surface area contributed by atoms with Crippen LogP contribution in [0.2, 0.25) is 0 Å². The van der Waals surface area contributed by atoms with Gasteiger partial charge in [0.1, 0.15) is 0 Å². The number of hydrogen-bond donors (Lipinski definition) is 0. The molecule has 0 spiro atoms. The first-order chi connectivity index (χ1) is 8.66. The number of nitrogens with zero attached hydrogens (tertiary/aromatic N) is 4. The first kappa shape index (κ1) is 11.7. The Morgan fingerprint density at radius 2 is 2.17 bits per heavy atom. The molecule has 1 fully saturated rings. The van der Waals surface area contributed by atoms with Crippen LogP contribution >= 0.6 is 11.3 Å². The fraction of sp³-hybridized carbons (Fsp3) is 0.538. The van der Waals surface area contributed by atoms with E-state index >= 15 is 0 Å². The summed E-state index contributed by atoms with van der Waals surface area (Å²) in [5.74, 6) is 1.98. The lowest BCUT2D eigenvalue weighted by molar-refractivity contribution is 0.700. The third-order valence-corrected chi connectivity index (χ3v) is 4.62. The highest BCUT2D eigenvalue weighted by Gasteiger charge is 2.25. The zero-order chi connectivity index (χ0) is 12.7. The number of rotatable bonds is 2. The number of anilines is 1. The van der Waals surface area contributed by atoms with Gasteiger partial charge in [0.15, 0.2) is 5.82 Å². The molecule has 2 aromatic heterocycles. The van der Waals surface area contributed by atoms with Gasteiger partial charge in [-0.2, -0.15) is 0 Å². The molecule has 5 heteroatoms. The van der Waals surface area contributed by atoms with E-state index in [0.717, 1.165) is 18.3 Å². The van der Waals surface area contributed by atoms with Gasteiger partial charge in [0.25, 0.3) is 0 Å². The van der Waals surface area contributed by atoms with E-state index in [1.807, 2.05) is 0 Å². The predicted molar refractivity (Wildman–Crippen MR) is 75.1 cm³/mol. The molecular weight excluding hydrogens is 244 g/mol. The Morgan fingerprint density at radius 1 is 1.33 bits per heavy atom. The molecule has 2 aromatic rings. The van der Waals surface area contributed by atoms with Gasteiger partial charge in [-0.25, -0.2) is 0 Å². The zero-order valence-corrected chi connectivity index (χ0v) is 11.9. The molecule has 3 rings (SSSR count). The molecule has 1 aliphatic heterocycles. The van der Waals surface area contributed by atoms with Crippen LogP contribution in [0.5, 0.6) is 0 Å². The van der Waals surface area contributed by atoms with Crippen LogP contribution in [0.4, 0.5) is 5.95 Å². The van der Waals surface area contributed by atoms with Crippen molar-refractivity contribution in [1.29, 1.82) is 0 Å². The first-order valence-corrected chi connectivity index (χ1v) is 7.21. The lowest BCUT2D eigenvalue weighted by Gasteiger charge is -2.21. The number of aryl methyl sites for hydroxylation is 1. The Balaban J connectivity index is 1.97. The Morgan fingerprint density at radius 3 is 2.78 bits per heavy atom. The van der Waals surface area contributed by atoms with Crippen LogP contribution in [0.25, 0.3) is 10.7 Å². The molecule has 0 N–H and O–H groups in total. The van der Waals surface area contributed by atoms with Crippen LogP contribution in [0, 0.1) is 6.92 Å². The maximum atomic E-state index is 4.38. The summed E-state index contributed by atoms with van der Waals surface area (Å²) in [4.78, 5) is 4.86. The van der Waals surface area contributed by atoms with Gasteiger partial charge in [0, 0.05) is 24.5 Å². The quantitative estimate of drug-likeness (QED) is 0.834. The highest BCUT2D eigenvalue weighted by Crippen LogP contribution is 2.30. The molecule has 0 radical (unpaired) electrons. The van der Waals surface area contributed by atoms with E-state index in [2.05, 4.69) is 52.7 Å². The van der Waals surface area contributed by atoms with E-state index in [1.54, 1.807) is 11.3 Å². The Kier molecular flexibility index (Phi) is 2.86. The maximum Gasteiger partial charge on any atom is 0.227 e. The molecule has 0 aromatic carbocycles. The highest BCUT2D eigenvalue weighted by atomic mass is 32.1. The van der Waals surface area contributed by atoms with Crippen molar-refractivity contribution in [3.8, 4) is 10.7 Å². The summed E-state index contributed by atoms with van der Waals surface area (Å²) in [5.41, 5.74) is 0. The zero-order valence-electron chi connectivity index (χ0n) is 11.1. The van der Waals surface area contributed by atoms with Gasteiger partial charge in [-0.3, -0.25) is 4.57 Å². The highest BCUT2D eigenvalue weighted by molar-refractivity contribution is 7.15. The molecule has 96 valence electrons. The monoisotopic (exact) mass is 262 g/mol. The topological polar surface area (TPSA) is 34.0 Å². The molecule has 1 unspecified atom stereocenters. The minimum atomic E-state index is 0.575. The summed E-state index contributed by atoms with van der Waals surface area (Å²) in [6.45, 7) is 5.47. The standard InChI is InChI=1S/C13H18N4S/c1-9-5-4-8-17(9)13-15-14-12(16(13)3)11-7-6-10(2)18-11/h6-7,9H,4-5,8H2,1-3H3. The molecule has 0 amide bonds. The molecule has 3 heterocycles. The van der Waals surface area contributed by atoms with Gasteiger partial charge in [0.2, 0.25) is 5.95 Å². The average molecular weight is 262 g/mol. The van der Waals surface area contributed by atoms with Crippen LogP contribution in [-0.4, -0.2) is 27.4 Å². The van der Waals surface area contributed by atoms with Crippen LogP contribution in [0.15, 0.2) is 12.1 Å². The summed E-state index contributed by atoms with van der Waals surface area (Å²) in [6, 6.07) is 4.83. The van der Waals surface area contributed by atoms with Gasteiger partial charge >= 0.3 is 0 Å². The number of thiophene rings is 1. The fourth-order valence-corrected chi connectivity index (χ4v) is 3.46. The number of aromatic nitrogens is 3. The van der Waals surface area contributed by atoms with Crippen LogP contribution < -0.4 is 4.90 Å². The van der Waals surface area contributed by atoms with E-state index < -0.39 is 0 Å². The normalized spacial score (nSPS) is 19.7. The summed E-state index contributed by atoms with van der Waals surface area (Å²) < 4.78 is 2.12. The summed E-state index contributed by atoms with van der Waals surface area (Å²) in [5, 5.41) is 8.74. The number of hydrogen-bond acceptors (Lipinski definition) is 4. The van der Waals surface area contributed by atoms with Crippen molar-refractivity contribution in [1.82, 2.24) is 14.8 Å². The molecule has 1 saturated heterocycles. The summed E-state index contributed by atoms with van der Waals surface area (Å²) in [6.07, 6.45) is 2.50. The second-order valence-electron chi connectivity index (χ2n) is 4.98.